The average molecular weight is 329 g/mol. The quantitative estimate of drug-likeness (QED) is 0.490. The van der Waals surface area contributed by atoms with Crippen molar-refractivity contribution in [2.45, 2.75) is 0 Å². The highest BCUT2D eigenvalue weighted by Gasteiger charge is 2.14. The average Bonchev–Trinajstić information content (AvgIpc) is 3.23. The van der Waals surface area contributed by atoms with Crippen LogP contribution in [0.5, 0.6) is 0 Å². The minimum Gasteiger partial charge on any atom is -0.248 e. The molecule has 5 rings (SSSR count). The van der Waals surface area contributed by atoms with Crippen molar-refractivity contribution in [1.82, 2.24) is 24.8 Å². The number of aromatic nitrogens is 5. The molecule has 3 aromatic heterocycles. The Morgan fingerprint density at radius 3 is 2.62 bits per heavy atom. The summed E-state index contributed by atoms with van der Waals surface area (Å²) in [5.41, 5.74) is 4.05. The first-order valence-electron chi connectivity index (χ1n) is 7.51. The molecular weight excluding hydrogens is 318 g/mol. The fourth-order valence-corrected chi connectivity index (χ4v) is 3.63. The van der Waals surface area contributed by atoms with E-state index in [0.717, 1.165) is 37.7 Å². The monoisotopic (exact) mass is 329 g/mol. The Labute approximate surface area is 141 Å². The maximum absolute atomic E-state index is 4.82. The van der Waals surface area contributed by atoms with Crippen molar-refractivity contribution in [1.29, 1.82) is 0 Å². The van der Waals surface area contributed by atoms with Gasteiger partial charge in [0.2, 0.25) is 4.96 Å². The predicted molar refractivity (Wildman–Crippen MR) is 94.8 cm³/mol. The third kappa shape index (κ3) is 2.08. The van der Waals surface area contributed by atoms with E-state index in [9.17, 15) is 0 Å². The number of benzene rings is 2. The summed E-state index contributed by atoms with van der Waals surface area (Å²) < 4.78 is 1.71. The number of nitrogens with zero attached hydrogens (tertiary/aromatic N) is 5. The van der Waals surface area contributed by atoms with Gasteiger partial charge in [-0.2, -0.15) is 9.61 Å². The second-order valence-electron chi connectivity index (χ2n) is 5.40. The second kappa shape index (κ2) is 5.21. The van der Waals surface area contributed by atoms with Crippen molar-refractivity contribution < 1.29 is 0 Å². The van der Waals surface area contributed by atoms with Crippen molar-refractivity contribution in [2.24, 2.45) is 0 Å². The maximum Gasteiger partial charge on any atom is 0.234 e. The molecule has 0 aliphatic heterocycles. The van der Waals surface area contributed by atoms with Crippen molar-refractivity contribution in [3.63, 3.8) is 0 Å². The highest BCUT2D eigenvalue weighted by molar-refractivity contribution is 7.19. The van der Waals surface area contributed by atoms with E-state index >= 15 is 0 Å². The summed E-state index contributed by atoms with van der Waals surface area (Å²) in [4.78, 5) is 5.60. The molecule has 6 heteroatoms. The molecule has 0 fully saturated rings. The van der Waals surface area contributed by atoms with Gasteiger partial charge in [-0.15, -0.1) is 10.2 Å². The smallest absolute Gasteiger partial charge is 0.234 e. The topological polar surface area (TPSA) is 56.0 Å². The standard InChI is InChI=1S/C18H11N5S/c1-2-6-12(7-3-1)16-10-14(13-8-4-5-9-15(13)20-16)17-22-23-11-19-21-18(23)24-17/h1-11H. The Morgan fingerprint density at radius 1 is 0.917 bits per heavy atom. The molecular formula is C18H11N5S. The third-order valence-corrected chi connectivity index (χ3v) is 4.85. The summed E-state index contributed by atoms with van der Waals surface area (Å²) in [7, 11) is 0. The Bertz CT molecular complexity index is 1130. The van der Waals surface area contributed by atoms with Gasteiger partial charge in [0, 0.05) is 16.5 Å². The van der Waals surface area contributed by atoms with Crippen LogP contribution in [0.1, 0.15) is 0 Å². The Morgan fingerprint density at radius 2 is 1.75 bits per heavy atom. The van der Waals surface area contributed by atoms with Crippen LogP contribution in [0.3, 0.4) is 0 Å². The summed E-state index contributed by atoms with van der Waals surface area (Å²) in [5, 5.41) is 14.6. The lowest BCUT2D eigenvalue weighted by molar-refractivity contribution is 0.960. The number of hydrogen-bond acceptors (Lipinski definition) is 5. The molecule has 0 saturated carbocycles. The van der Waals surface area contributed by atoms with Crippen LogP contribution in [0.15, 0.2) is 67.0 Å². The predicted octanol–water partition coefficient (Wildman–Crippen LogP) is 4.07. The SMILES string of the molecule is c1ccc(-c2cc(-c3nn4cnnc4s3)c3ccccc3n2)cc1. The first kappa shape index (κ1) is 13.3. The van der Waals surface area contributed by atoms with Crippen molar-refractivity contribution in [3.8, 4) is 21.8 Å². The van der Waals surface area contributed by atoms with Crippen LogP contribution in [-0.4, -0.2) is 24.8 Å². The zero-order valence-electron chi connectivity index (χ0n) is 12.5. The molecule has 0 spiro atoms. The van der Waals surface area contributed by atoms with Crippen molar-refractivity contribution >= 4 is 27.2 Å². The van der Waals surface area contributed by atoms with Crippen molar-refractivity contribution in [3.05, 3.63) is 67.0 Å². The van der Waals surface area contributed by atoms with E-state index in [1.165, 1.54) is 11.3 Å². The van der Waals surface area contributed by atoms with Gasteiger partial charge in [0.15, 0.2) is 0 Å². The van der Waals surface area contributed by atoms with Crippen LogP contribution in [0.4, 0.5) is 0 Å². The van der Waals surface area contributed by atoms with Crippen LogP contribution in [0, 0.1) is 0 Å². The molecule has 0 radical (unpaired) electrons. The first-order chi connectivity index (χ1) is 11.9. The van der Waals surface area contributed by atoms with E-state index in [-0.39, 0.29) is 0 Å². The molecule has 24 heavy (non-hydrogen) atoms. The molecule has 0 aliphatic rings. The highest BCUT2D eigenvalue weighted by atomic mass is 32.1. The summed E-state index contributed by atoms with van der Waals surface area (Å²) in [6.45, 7) is 0. The van der Waals surface area contributed by atoms with Gasteiger partial charge in [-0.25, -0.2) is 4.98 Å². The molecule has 5 aromatic rings. The van der Waals surface area contributed by atoms with Crippen LogP contribution in [-0.2, 0) is 0 Å². The maximum atomic E-state index is 4.82. The largest absolute Gasteiger partial charge is 0.248 e. The molecule has 0 N–H and O–H groups in total. The lowest BCUT2D eigenvalue weighted by Crippen LogP contribution is -1.90. The number of pyridine rings is 1. The van der Waals surface area contributed by atoms with Crippen molar-refractivity contribution in [2.75, 3.05) is 0 Å². The Kier molecular flexibility index (Phi) is 2.89. The summed E-state index contributed by atoms with van der Waals surface area (Å²) in [6, 6.07) is 20.4. The molecule has 0 unspecified atom stereocenters. The number of rotatable bonds is 2. The van der Waals surface area contributed by atoms with Crippen LogP contribution < -0.4 is 0 Å². The minimum atomic E-state index is 0.784. The van der Waals surface area contributed by atoms with Gasteiger partial charge in [0.25, 0.3) is 0 Å². The van der Waals surface area contributed by atoms with Gasteiger partial charge in [0.1, 0.15) is 11.3 Å². The summed E-state index contributed by atoms with van der Waals surface area (Å²) >= 11 is 1.53. The molecule has 5 nitrogen and oxygen atoms in total. The Balaban J connectivity index is 1.81. The Hall–Kier alpha value is -3.12. The molecule has 0 amide bonds. The molecule has 2 aromatic carbocycles. The molecule has 0 atom stereocenters. The number of hydrogen-bond donors (Lipinski definition) is 0. The van der Waals surface area contributed by atoms with Gasteiger partial charge in [0.05, 0.1) is 11.2 Å². The van der Waals surface area contributed by atoms with Crippen LogP contribution >= 0.6 is 11.3 Å². The minimum absolute atomic E-state index is 0.784. The van der Waals surface area contributed by atoms with Gasteiger partial charge < -0.3 is 0 Å². The number of fused-ring (bicyclic) bond motifs is 2. The summed E-state index contributed by atoms with van der Waals surface area (Å²) in [5.74, 6) is 0. The fourth-order valence-electron chi connectivity index (χ4n) is 2.78. The van der Waals surface area contributed by atoms with Gasteiger partial charge in [-0.05, 0) is 12.1 Å². The van der Waals surface area contributed by atoms with Crippen LogP contribution in [0.2, 0.25) is 0 Å². The van der Waals surface area contributed by atoms with Crippen LogP contribution in [0.25, 0.3) is 37.7 Å². The molecule has 0 bridgehead atoms. The summed E-state index contributed by atoms with van der Waals surface area (Å²) in [6.07, 6.45) is 1.62. The molecule has 0 saturated heterocycles. The lowest BCUT2D eigenvalue weighted by atomic mass is 10.0. The second-order valence-corrected chi connectivity index (χ2v) is 6.36. The third-order valence-electron chi connectivity index (χ3n) is 3.90. The van der Waals surface area contributed by atoms with E-state index in [2.05, 4.69) is 39.6 Å². The van der Waals surface area contributed by atoms with E-state index in [1.807, 2.05) is 36.4 Å². The number of para-hydroxylation sites is 1. The van der Waals surface area contributed by atoms with Gasteiger partial charge in [-0.1, -0.05) is 59.9 Å². The van der Waals surface area contributed by atoms with Gasteiger partial charge >= 0.3 is 0 Å². The molecule has 114 valence electrons. The lowest BCUT2D eigenvalue weighted by Gasteiger charge is -2.07. The van der Waals surface area contributed by atoms with E-state index in [0.29, 0.717) is 0 Å². The zero-order valence-corrected chi connectivity index (χ0v) is 13.3. The molecule has 0 aliphatic carbocycles. The molecule has 3 heterocycles. The van der Waals surface area contributed by atoms with E-state index in [4.69, 9.17) is 4.98 Å². The van der Waals surface area contributed by atoms with E-state index < -0.39 is 0 Å². The zero-order chi connectivity index (χ0) is 15.9. The highest BCUT2D eigenvalue weighted by Crippen LogP contribution is 2.33. The van der Waals surface area contributed by atoms with Gasteiger partial charge in [-0.3, -0.25) is 0 Å². The van der Waals surface area contributed by atoms with E-state index in [1.54, 1.807) is 10.8 Å². The first-order valence-corrected chi connectivity index (χ1v) is 8.32. The normalized spacial score (nSPS) is 11.3. The fraction of sp³-hybridized carbons (Fsp3) is 0.